The van der Waals surface area contributed by atoms with Crippen LogP contribution in [0.25, 0.3) is 0 Å². The number of amides is 1. The maximum atomic E-state index is 11.8. The van der Waals surface area contributed by atoms with Crippen molar-refractivity contribution < 1.29 is 14.7 Å². The fraction of sp³-hybridized carbons (Fsp3) is 0.231. The number of para-hydroxylation sites is 1. The van der Waals surface area contributed by atoms with Crippen LogP contribution in [0.15, 0.2) is 42.5 Å². The van der Waals surface area contributed by atoms with Crippen LogP contribution in [0.2, 0.25) is 0 Å². The summed E-state index contributed by atoms with van der Waals surface area (Å²) in [6.07, 6.45) is 2.51. The SMILES string of the molecule is CCN(C(=O)/C=C/CC(=O)O)c1ccccc1. The van der Waals surface area contributed by atoms with Gasteiger partial charge in [0.15, 0.2) is 0 Å². The number of aliphatic carboxylic acids is 1. The molecule has 17 heavy (non-hydrogen) atoms. The van der Waals surface area contributed by atoms with E-state index in [-0.39, 0.29) is 12.3 Å². The minimum absolute atomic E-state index is 0.141. The predicted octanol–water partition coefficient (Wildman–Crippen LogP) is 2.07. The lowest BCUT2D eigenvalue weighted by Gasteiger charge is -2.18. The smallest absolute Gasteiger partial charge is 0.307 e. The second kappa shape index (κ2) is 6.48. The molecule has 0 heterocycles. The summed E-state index contributed by atoms with van der Waals surface area (Å²) in [5.74, 6) is -1.16. The Morgan fingerprint density at radius 3 is 2.47 bits per heavy atom. The number of carbonyl (C=O) groups excluding carboxylic acids is 1. The molecule has 0 saturated carbocycles. The minimum Gasteiger partial charge on any atom is -0.481 e. The van der Waals surface area contributed by atoms with Gasteiger partial charge in [0.2, 0.25) is 0 Å². The molecule has 1 N–H and O–H groups in total. The van der Waals surface area contributed by atoms with Crippen LogP contribution in [0.5, 0.6) is 0 Å². The molecule has 1 amide bonds. The number of hydrogen-bond donors (Lipinski definition) is 1. The third-order valence-electron chi connectivity index (χ3n) is 2.20. The van der Waals surface area contributed by atoms with Crippen molar-refractivity contribution in [2.75, 3.05) is 11.4 Å². The van der Waals surface area contributed by atoms with Crippen LogP contribution in [0.3, 0.4) is 0 Å². The lowest BCUT2D eigenvalue weighted by atomic mass is 10.2. The molecule has 0 aliphatic carbocycles. The molecule has 0 spiro atoms. The van der Waals surface area contributed by atoms with Gasteiger partial charge in [-0.2, -0.15) is 0 Å². The summed E-state index contributed by atoms with van der Waals surface area (Å²) in [5.41, 5.74) is 0.806. The van der Waals surface area contributed by atoms with Crippen LogP contribution in [0.1, 0.15) is 13.3 Å². The van der Waals surface area contributed by atoms with Gasteiger partial charge in [0, 0.05) is 18.3 Å². The van der Waals surface area contributed by atoms with Crippen molar-refractivity contribution in [2.24, 2.45) is 0 Å². The third-order valence-corrected chi connectivity index (χ3v) is 2.20. The average molecular weight is 233 g/mol. The molecule has 0 aromatic heterocycles. The zero-order valence-corrected chi connectivity index (χ0v) is 9.67. The number of nitrogens with zero attached hydrogens (tertiary/aromatic N) is 1. The summed E-state index contributed by atoms with van der Waals surface area (Å²) in [6, 6.07) is 9.26. The zero-order valence-electron chi connectivity index (χ0n) is 9.67. The number of anilines is 1. The van der Waals surface area contributed by atoms with Crippen molar-refractivity contribution in [3.05, 3.63) is 42.5 Å². The van der Waals surface area contributed by atoms with Gasteiger partial charge in [-0.05, 0) is 19.1 Å². The molecule has 0 unspecified atom stereocenters. The maximum absolute atomic E-state index is 11.8. The van der Waals surface area contributed by atoms with Gasteiger partial charge < -0.3 is 10.0 Å². The fourth-order valence-corrected chi connectivity index (χ4v) is 1.42. The van der Waals surface area contributed by atoms with Gasteiger partial charge in [-0.15, -0.1) is 0 Å². The molecular formula is C13H15NO3. The molecule has 1 aromatic rings. The molecule has 0 radical (unpaired) electrons. The number of rotatable bonds is 5. The number of carbonyl (C=O) groups is 2. The van der Waals surface area contributed by atoms with Gasteiger partial charge in [-0.1, -0.05) is 24.3 Å². The normalized spacial score (nSPS) is 10.4. The van der Waals surface area contributed by atoms with Crippen LogP contribution in [-0.2, 0) is 9.59 Å². The molecular weight excluding hydrogens is 218 g/mol. The van der Waals surface area contributed by atoms with Crippen molar-refractivity contribution in [1.82, 2.24) is 0 Å². The zero-order chi connectivity index (χ0) is 12.7. The van der Waals surface area contributed by atoms with Gasteiger partial charge in [0.1, 0.15) is 0 Å². The molecule has 0 atom stereocenters. The van der Waals surface area contributed by atoms with E-state index in [1.807, 2.05) is 37.3 Å². The summed E-state index contributed by atoms with van der Waals surface area (Å²) < 4.78 is 0. The summed E-state index contributed by atoms with van der Waals surface area (Å²) in [5, 5.41) is 8.46. The van der Waals surface area contributed by atoms with E-state index in [4.69, 9.17) is 5.11 Å². The van der Waals surface area contributed by atoms with Crippen molar-refractivity contribution in [3.8, 4) is 0 Å². The number of benzene rings is 1. The quantitative estimate of drug-likeness (QED) is 0.792. The highest BCUT2D eigenvalue weighted by Crippen LogP contribution is 2.13. The first-order valence-corrected chi connectivity index (χ1v) is 5.40. The summed E-state index contributed by atoms with van der Waals surface area (Å²) in [6.45, 7) is 2.41. The first-order chi connectivity index (χ1) is 8.15. The van der Waals surface area contributed by atoms with Gasteiger partial charge in [-0.25, -0.2) is 0 Å². The van der Waals surface area contributed by atoms with E-state index in [2.05, 4.69) is 0 Å². The van der Waals surface area contributed by atoms with E-state index in [9.17, 15) is 9.59 Å². The second-order valence-corrected chi connectivity index (χ2v) is 3.42. The Balaban J connectivity index is 2.72. The van der Waals surface area contributed by atoms with E-state index in [1.165, 1.54) is 12.2 Å². The lowest BCUT2D eigenvalue weighted by Crippen LogP contribution is -2.28. The van der Waals surface area contributed by atoms with E-state index in [0.29, 0.717) is 6.54 Å². The molecule has 0 fully saturated rings. The molecule has 0 bridgehead atoms. The summed E-state index contributed by atoms with van der Waals surface area (Å²) >= 11 is 0. The van der Waals surface area contributed by atoms with Crippen LogP contribution < -0.4 is 4.90 Å². The Labute approximate surface area is 100 Å². The molecule has 4 nitrogen and oxygen atoms in total. The largest absolute Gasteiger partial charge is 0.481 e. The number of hydrogen-bond acceptors (Lipinski definition) is 2. The predicted molar refractivity (Wildman–Crippen MR) is 65.9 cm³/mol. The Morgan fingerprint density at radius 1 is 1.29 bits per heavy atom. The average Bonchev–Trinajstić information content (AvgIpc) is 2.31. The number of likely N-dealkylation sites (N-methyl/N-ethyl adjacent to an activating group) is 1. The van der Waals surface area contributed by atoms with E-state index in [0.717, 1.165) is 5.69 Å². The molecule has 0 saturated heterocycles. The van der Waals surface area contributed by atoms with Crippen LogP contribution in [0, 0.1) is 0 Å². The summed E-state index contributed by atoms with van der Waals surface area (Å²) in [7, 11) is 0. The van der Waals surface area contributed by atoms with Gasteiger partial charge in [-0.3, -0.25) is 9.59 Å². The molecule has 0 aliphatic rings. The highest BCUT2D eigenvalue weighted by molar-refractivity contribution is 6.01. The van der Waals surface area contributed by atoms with E-state index >= 15 is 0 Å². The topological polar surface area (TPSA) is 57.6 Å². The number of carboxylic acids is 1. The van der Waals surface area contributed by atoms with Crippen LogP contribution in [-0.4, -0.2) is 23.5 Å². The Kier molecular flexibility index (Phi) is 4.94. The van der Waals surface area contributed by atoms with Crippen molar-refractivity contribution in [2.45, 2.75) is 13.3 Å². The molecule has 90 valence electrons. The molecule has 1 aromatic carbocycles. The van der Waals surface area contributed by atoms with Crippen molar-refractivity contribution >= 4 is 17.6 Å². The standard InChI is InChI=1S/C13H15NO3/c1-2-14(11-7-4-3-5-8-11)12(15)9-6-10-13(16)17/h3-9H,2,10H2,1H3,(H,16,17)/b9-6+. The highest BCUT2D eigenvalue weighted by atomic mass is 16.4. The van der Waals surface area contributed by atoms with E-state index in [1.54, 1.807) is 4.90 Å². The highest BCUT2D eigenvalue weighted by Gasteiger charge is 2.09. The Hall–Kier alpha value is -2.10. The van der Waals surface area contributed by atoms with Crippen molar-refractivity contribution in [3.63, 3.8) is 0 Å². The molecule has 0 aliphatic heterocycles. The summed E-state index contributed by atoms with van der Waals surface area (Å²) in [4.78, 5) is 23.7. The first-order valence-electron chi connectivity index (χ1n) is 5.40. The Bertz CT molecular complexity index is 412. The fourth-order valence-electron chi connectivity index (χ4n) is 1.42. The van der Waals surface area contributed by atoms with Gasteiger partial charge in [0.25, 0.3) is 5.91 Å². The maximum Gasteiger partial charge on any atom is 0.307 e. The van der Waals surface area contributed by atoms with Crippen molar-refractivity contribution in [1.29, 1.82) is 0 Å². The molecule has 4 heteroatoms. The van der Waals surface area contributed by atoms with Gasteiger partial charge in [0.05, 0.1) is 6.42 Å². The van der Waals surface area contributed by atoms with Crippen LogP contribution >= 0.6 is 0 Å². The third kappa shape index (κ3) is 4.10. The second-order valence-electron chi connectivity index (χ2n) is 3.42. The number of carboxylic acid groups (broad SMARTS) is 1. The van der Waals surface area contributed by atoms with Crippen LogP contribution in [0.4, 0.5) is 5.69 Å². The monoisotopic (exact) mass is 233 g/mol. The first kappa shape index (κ1) is 13.0. The Morgan fingerprint density at radius 2 is 1.94 bits per heavy atom. The van der Waals surface area contributed by atoms with E-state index < -0.39 is 5.97 Å². The van der Waals surface area contributed by atoms with Gasteiger partial charge >= 0.3 is 5.97 Å². The lowest BCUT2D eigenvalue weighted by molar-refractivity contribution is -0.135. The minimum atomic E-state index is -0.947. The molecule has 1 rings (SSSR count).